The molecule has 8 heteroatoms. The van der Waals surface area contributed by atoms with E-state index in [4.69, 9.17) is 0 Å². The minimum Gasteiger partial charge on any atom is -0.354 e. The van der Waals surface area contributed by atoms with Gasteiger partial charge in [-0.15, -0.1) is 11.3 Å². The highest BCUT2D eigenvalue weighted by atomic mass is 32.1. The molecule has 0 unspecified atom stereocenters. The molecule has 0 aliphatic rings. The second-order valence-corrected chi connectivity index (χ2v) is 6.45. The zero-order chi connectivity index (χ0) is 18.4. The molecule has 2 heterocycles. The zero-order valence-corrected chi connectivity index (χ0v) is 15.4. The van der Waals surface area contributed by atoms with Crippen LogP contribution in [-0.4, -0.2) is 22.5 Å². The third-order valence-corrected chi connectivity index (χ3v) is 4.15. The third-order valence-electron chi connectivity index (χ3n) is 3.36. The van der Waals surface area contributed by atoms with Crippen molar-refractivity contribution in [2.75, 3.05) is 27.8 Å². The number of thiophene rings is 1. The van der Waals surface area contributed by atoms with Crippen LogP contribution in [0.5, 0.6) is 0 Å². The standard InChI is InChI=1S/C18H20N6OS/c1-3-19-17-20-12(2)11-15(23-17)21-13-6-8-14(9-7-13)22-18(25)24-16-5-4-10-26-16/h4-11H,3H2,1-2H3,(H2,22,24,25)(H2,19,20,21,23). The number of carbonyl (C=O) groups is 1. The predicted molar refractivity (Wildman–Crippen MR) is 108 cm³/mol. The van der Waals surface area contributed by atoms with Gasteiger partial charge in [0.2, 0.25) is 5.95 Å². The molecule has 0 saturated carbocycles. The Morgan fingerprint density at radius 1 is 1.08 bits per heavy atom. The number of nitrogens with zero attached hydrogens (tertiary/aromatic N) is 2. The SMILES string of the molecule is CCNc1nc(C)cc(Nc2ccc(NC(=O)Nc3cccs3)cc2)n1. The topological polar surface area (TPSA) is 91.0 Å². The first-order chi connectivity index (χ1) is 12.6. The summed E-state index contributed by atoms with van der Waals surface area (Å²) >= 11 is 1.47. The molecule has 134 valence electrons. The maximum absolute atomic E-state index is 11.9. The molecule has 2 aromatic heterocycles. The van der Waals surface area contributed by atoms with Gasteiger partial charge in [0.25, 0.3) is 0 Å². The minimum atomic E-state index is -0.269. The molecule has 3 aromatic rings. The highest BCUT2D eigenvalue weighted by Gasteiger charge is 2.05. The monoisotopic (exact) mass is 368 g/mol. The van der Waals surface area contributed by atoms with E-state index in [0.717, 1.165) is 22.9 Å². The maximum Gasteiger partial charge on any atom is 0.324 e. The largest absolute Gasteiger partial charge is 0.354 e. The molecule has 0 fully saturated rings. The van der Waals surface area contributed by atoms with Gasteiger partial charge in [0.15, 0.2) is 0 Å². The van der Waals surface area contributed by atoms with Gasteiger partial charge in [0, 0.05) is 29.7 Å². The van der Waals surface area contributed by atoms with E-state index < -0.39 is 0 Å². The molecule has 4 N–H and O–H groups in total. The Morgan fingerprint density at radius 3 is 2.54 bits per heavy atom. The lowest BCUT2D eigenvalue weighted by atomic mass is 10.2. The number of anilines is 5. The van der Waals surface area contributed by atoms with E-state index in [2.05, 4.69) is 31.2 Å². The van der Waals surface area contributed by atoms with Gasteiger partial charge < -0.3 is 16.0 Å². The van der Waals surface area contributed by atoms with Crippen LogP contribution in [0.2, 0.25) is 0 Å². The van der Waals surface area contributed by atoms with E-state index in [9.17, 15) is 4.79 Å². The Labute approximate surface area is 155 Å². The van der Waals surface area contributed by atoms with Gasteiger partial charge in [-0.1, -0.05) is 0 Å². The van der Waals surface area contributed by atoms with Crippen molar-refractivity contribution in [1.82, 2.24) is 9.97 Å². The quantitative estimate of drug-likeness (QED) is 0.508. The molecule has 0 aliphatic carbocycles. The molecule has 7 nitrogen and oxygen atoms in total. The van der Waals surface area contributed by atoms with Crippen LogP contribution in [0, 0.1) is 6.92 Å². The first kappa shape index (κ1) is 17.7. The van der Waals surface area contributed by atoms with Crippen molar-refractivity contribution in [3.05, 3.63) is 53.5 Å². The predicted octanol–water partition coefficient (Wildman–Crippen LogP) is 4.67. The summed E-state index contributed by atoms with van der Waals surface area (Å²) < 4.78 is 0. The summed E-state index contributed by atoms with van der Waals surface area (Å²) in [5.41, 5.74) is 2.45. The number of amides is 2. The molecular weight excluding hydrogens is 348 g/mol. The second-order valence-electron chi connectivity index (χ2n) is 5.51. The third kappa shape index (κ3) is 4.93. The van der Waals surface area contributed by atoms with Crippen molar-refractivity contribution in [2.24, 2.45) is 0 Å². The lowest BCUT2D eigenvalue weighted by Crippen LogP contribution is -2.18. The number of aryl methyl sites for hydroxylation is 1. The second kappa shape index (κ2) is 8.30. The number of hydrogen-bond acceptors (Lipinski definition) is 6. The first-order valence-electron chi connectivity index (χ1n) is 8.20. The van der Waals surface area contributed by atoms with Gasteiger partial charge in [-0.2, -0.15) is 4.98 Å². The van der Waals surface area contributed by atoms with Crippen molar-refractivity contribution in [3.63, 3.8) is 0 Å². The molecular formula is C18H20N6OS. The van der Waals surface area contributed by atoms with Crippen LogP contribution < -0.4 is 21.3 Å². The number of aromatic nitrogens is 2. The average Bonchev–Trinajstić information content (AvgIpc) is 3.09. The van der Waals surface area contributed by atoms with E-state index >= 15 is 0 Å². The van der Waals surface area contributed by atoms with E-state index in [-0.39, 0.29) is 6.03 Å². The Bertz CT molecular complexity index is 864. The van der Waals surface area contributed by atoms with Gasteiger partial charge in [-0.3, -0.25) is 5.32 Å². The van der Waals surface area contributed by atoms with Crippen molar-refractivity contribution in [2.45, 2.75) is 13.8 Å². The molecule has 0 atom stereocenters. The van der Waals surface area contributed by atoms with Crippen molar-refractivity contribution in [1.29, 1.82) is 0 Å². The zero-order valence-electron chi connectivity index (χ0n) is 14.5. The lowest BCUT2D eigenvalue weighted by molar-refractivity contribution is 0.262. The Morgan fingerprint density at radius 2 is 1.85 bits per heavy atom. The van der Waals surface area contributed by atoms with Crippen LogP contribution in [0.4, 0.5) is 32.9 Å². The van der Waals surface area contributed by atoms with Crippen LogP contribution in [0.1, 0.15) is 12.6 Å². The average molecular weight is 368 g/mol. The molecule has 0 saturated heterocycles. The highest BCUT2D eigenvalue weighted by Crippen LogP contribution is 2.20. The molecule has 26 heavy (non-hydrogen) atoms. The van der Waals surface area contributed by atoms with Crippen LogP contribution in [0.25, 0.3) is 0 Å². The fourth-order valence-corrected chi connectivity index (χ4v) is 2.89. The molecule has 0 spiro atoms. The number of urea groups is 1. The Kier molecular flexibility index (Phi) is 5.65. The molecule has 0 aliphatic heterocycles. The number of nitrogens with one attached hydrogen (secondary N) is 4. The van der Waals surface area contributed by atoms with Crippen molar-refractivity contribution in [3.8, 4) is 0 Å². The number of hydrogen-bond donors (Lipinski definition) is 4. The first-order valence-corrected chi connectivity index (χ1v) is 9.08. The van der Waals surface area contributed by atoms with Gasteiger partial charge in [-0.25, -0.2) is 9.78 Å². The van der Waals surface area contributed by atoms with Crippen LogP contribution in [-0.2, 0) is 0 Å². The van der Waals surface area contributed by atoms with Crippen LogP contribution >= 0.6 is 11.3 Å². The van der Waals surface area contributed by atoms with Crippen molar-refractivity contribution >= 4 is 45.5 Å². The summed E-state index contributed by atoms with van der Waals surface area (Å²) in [6, 6.07) is 12.8. The van der Waals surface area contributed by atoms with E-state index in [1.807, 2.05) is 61.7 Å². The van der Waals surface area contributed by atoms with Crippen LogP contribution in [0.3, 0.4) is 0 Å². The number of benzene rings is 1. The summed E-state index contributed by atoms with van der Waals surface area (Å²) in [6.07, 6.45) is 0. The maximum atomic E-state index is 11.9. The lowest BCUT2D eigenvalue weighted by Gasteiger charge is -2.10. The van der Waals surface area contributed by atoms with E-state index in [0.29, 0.717) is 17.5 Å². The summed E-state index contributed by atoms with van der Waals surface area (Å²) in [4.78, 5) is 20.7. The fraction of sp³-hybridized carbons (Fsp3) is 0.167. The van der Waals surface area contributed by atoms with Gasteiger partial charge in [-0.05, 0) is 55.6 Å². The highest BCUT2D eigenvalue weighted by molar-refractivity contribution is 7.14. The molecule has 0 radical (unpaired) electrons. The van der Waals surface area contributed by atoms with E-state index in [1.165, 1.54) is 11.3 Å². The van der Waals surface area contributed by atoms with Gasteiger partial charge in [0.1, 0.15) is 5.82 Å². The van der Waals surface area contributed by atoms with Crippen molar-refractivity contribution < 1.29 is 4.79 Å². The smallest absolute Gasteiger partial charge is 0.324 e. The molecule has 1 aromatic carbocycles. The van der Waals surface area contributed by atoms with Gasteiger partial charge in [0.05, 0.1) is 5.00 Å². The number of rotatable bonds is 6. The Hall–Kier alpha value is -3.13. The fourth-order valence-electron chi connectivity index (χ4n) is 2.28. The number of carbonyl (C=O) groups excluding carboxylic acids is 1. The summed E-state index contributed by atoms with van der Waals surface area (Å²) in [5.74, 6) is 1.31. The normalized spacial score (nSPS) is 10.2. The minimum absolute atomic E-state index is 0.269. The van der Waals surface area contributed by atoms with E-state index in [1.54, 1.807) is 0 Å². The summed E-state index contributed by atoms with van der Waals surface area (Å²) in [5, 5.41) is 14.6. The van der Waals surface area contributed by atoms with Gasteiger partial charge >= 0.3 is 6.03 Å². The Balaban J connectivity index is 1.61. The molecule has 3 rings (SSSR count). The summed E-state index contributed by atoms with van der Waals surface area (Å²) in [7, 11) is 0. The van der Waals surface area contributed by atoms with Crippen LogP contribution in [0.15, 0.2) is 47.8 Å². The molecule has 0 bridgehead atoms. The molecule has 2 amide bonds. The summed E-state index contributed by atoms with van der Waals surface area (Å²) in [6.45, 7) is 4.68.